The third kappa shape index (κ3) is 2.43. The first-order valence-electron chi connectivity index (χ1n) is 5.10. The second kappa shape index (κ2) is 4.53. The fourth-order valence-corrected chi connectivity index (χ4v) is 1.64. The van der Waals surface area contributed by atoms with Crippen molar-refractivity contribution in [3.63, 3.8) is 0 Å². The van der Waals surface area contributed by atoms with Crippen molar-refractivity contribution in [2.45, 2.75) is 6.54 Å². The Balaban J connectivity index is 2.27. The highest BCUT2D eigenvalue weighted by Gasteiger charge is 2.12. The predicted octanol–water partition coefficient (Wildman–Crippen LogP) is -0.373. The van der Waals surface area contributed by atoms with Crippen LogP contribution < -0.4 is 5.46 Å². The van der Waals surface area contributed by atoms with Crippen molar-refractivity contribution in [3.05, 3.63) is 42.0 Å². The molecule has 17 heavy (non-hydrogen) atoms. The Hall–Kier alpha value is -1.92. The maximum atomic E-state index is 9.48. The first-order chi connectivity index (χ1) is 8.08. The lowest BCUT2D eigenvalue weighted by atomic mass is 9.79. The van der Waals surface area contributed by atoms with E-state index in [1.807, 2.05) is 0 Å². The largest absolute Gasteiger partial charge is 0.494 e. The molecule has 2 rings (SSSR count). The van der Waals surface area contributed by atoms with Crippen LogP contribution in [0.15, 0.2) is 36.4 Å². The van der Waals surface area contributed by atoms with Gasteiger partial charge in [0.25, 0.3) is 0 Å². The average molecular weight is 233 g/mol. The molecule has 0 saturated carbocycles. The van der Waals surface area contributed by atoms with E-state index >= 15 is 0 Å². The molecule has 6 heteroatoms. The molecule has 5 nitrogen and oxygen atoms in total. The fraction of sp³-hybridized carbons (Fsp3) is 0.0909. The lowest BCUT2D eigenvalue weighted by molar-refractivity contribution is 0.377. The molecule has 0 radical (unpaired) electrons. The minimum atomic E-state index is -1.53. The van der Waals surface area contributed by atoms with E-state index < -0.39 is 7.12 Å². The van der Waals surface area contributed by atoms with Crippen molar-refractivity contribution >= 4 is 12.6 Å². The van der Waals surface area contributed by atoms with Gasteiger partial charge in [-0.15, -0.1) is 0 Å². The maximum absolute atomic E-state index is 9.48. The van der Waals surface area contributed by atoms with E-state index in [-0.39, 0.29) is 18.3 Å². The zero-order chi connectivity index (χ0) is 12.4. The summed E-state index contributed by atoms with van der Waals surface area (Å²) in [6.45, 7) is 0.255. The molecule has 4 N–H and O–H groups in total. The van der Waals surface area contributed by atoms with E-state index in [0.717, 1.165) is 5.56 Å². The van der Waals surface area contributed by atoms with Crippen LogP contribution in [0.2, 0.25) is 0 Å². The molecule has 0 spiro atoms. The molecule has 0 aliphatic rings. The number of nitrogens with zero attached hydrogens (tertiary/aromatic N) is 1. The van der Waals surface area contributed by atoms with Crippen molar-refractivity contribution < 1.29 is 20.3 Å². The number of benzene rings is 1. The SMILES string of the molecule is OB(O)c1cccc(Cn2c(O)ccc2O)c1. The molecule has 0 bridgehead atoms. The van der Waals surface area contributed by atoms with E-state index in [1.165, 1.54) is 16.7 Å². The quantitative estimate of drug-likeness (QED) is 0.544. The van der Waals surface area contributed by atoms with Gasteiger partial charge in [-0.1, -0.05) is 24.3 Å². The van der Waals surface area contributed by atoms with Gasteiger partial charge in [0.1, 0.15) is 0 Å². The Kier molecular flexibility index (Phi) is 3.08. The van der Waals surface area contributed by atoms with Gasteiger partial charge < -0.3 is 20.3 Å². The molecule has 1 aromatic heterocycles. The molecule has 0 fully saturated rings. The smallest absolute Gasteiger partial charge is 0.488 e. The van der Waals surface area contributed by atoms with Gasteiger partial charge in [-0.25, -0.2) is 0 Å². The Morgan fingerprint density at radius 1 is 1.00 bits per heavy atom. The summed E-state index contributed by atoms with van der Waals surface area (Å²) >= 11 is 0. The van der Waals surface area contributed by atoms with Crippen molar-refractivity contribution in [2.24, 2.45) is 0 Å². The first kappa shape index (κ1) is 11.6. The van der Waals surface area contributed by atoms with Gasteiger partial charge in [0.05, 0.1) is 6.54 Å². The number of aromatic hydroxyl groups is 2. The average Bonchev–Trinajstić information content (AvgIpc) is 2.61. The monoisotopic (exact) mass is 233 g/mol. The molecule has 0 saturated heterocycles. The summed E-state index contributed by atoms with van der Waals surface area (Å²) in [4.78, 5) is 0. The fourth-order valence-electron chi connectivity index (χ4n) is 1.64. The highest BCUT2D eigenvalue weighted by atomic mass is 16.4. The Bertz CT molecular complexity index is 504. The summed E-state index contributed by atoms with van der Waals surface area (Å²) in [5.41, 5.74) is 1.12. The molecule has 0 unspecified atom stereocenters. The van der Waals surface area contributed by atoms with E-state index in [4.69, 9.17) is 10.0 Å². The van der Waals surface area contributed by atoms with Crippen molar-refractivity contribution in [3.8, 4) is 11.8 Å². The molecule has 1 heterocycles. The van der Waals surface area contributed by atoms with E-state index in [2.05, 4.69) is 0 Å². The van der Waals surface area contributed by atoms with Crippen LogP contribution >= 0.6 is 0 Å². The van der Waals surface area contributed by atoms with Gasteiger partial charge in [0.2, 0.25) is 0 Å². The van der Waals surface area contributed by atoms with Gasteiger partial charge in [-0.05, 0) is 11.0 Å². The first-order valence-corrected chi connectivity index (χ1v) is 5.10. The van der Waals surface area contributed by atoms with Crippen LogP contribution in [0.3, 0.4) is 0 Å². The highest BCUT2D eigenvalue weighted by Crippen LogP contribution is 2.22. The van der Waals surface area contributed by atoms with Crippen LogP contribution in [-0.4, -0.2) is 31.9 Å². The maximum Gasteiger partial charge on any atom is 0.488 e. The number of rotatable bonds is 3. The summed E-state index contributed by atoms with van der Waals surface area (Å²) in [5, 5.41) is 37.0. The van der Waals surface area contributed by atoms with Crippen molar-refractivity contribution in [1.29, 1.82) is 0 Å². The van der Waals surface area contributed by atoms with Crippen LogP contribution in [0.4, 0.5) is 0 Å². The predicted molar refractivity (Wildman–Crippen MR) is 63.1 cm³/mol. The zero-order valence-electron chi connectivity index (χ0n) is 8.98. The van der Waals surface area contributed by atoms with Gasteiger partial charge in [-0.3, -0.25) is 4.57 Å². The van der Waals surface area contributed by atoms with Gasteiger partial charge in [0.15, 0.2) is 11.8 Å². The van der Waals surface area contributed by atoms with Crippen LogP contribution in [0.25, 0.3) is 0 Å². The summed E-state index contributed by atoms with van der Waals surface area (Å²) < 4.78 is 1.31. The van der Waals surface area contributed by atoms with E-state index in [1.54, 1.807) is 24.3 Å². The van der Waals surface area contributed by atoms with Crippen molar-refractivity contribution in [2.75, 3.05) is 0 Å². The Morgan fingerprint density at radius 2 is 1.65 bits per heavy atom. The summed E-state index contributed by atoms with van der Waals surface area (Å²) in [6, 6.07) is 9.42. The molecular formula is C11H12BNO4. The second-order valence-electron chi connectivity index (χ2n) is 3.75. The third-order valence-electron chi connectivity index (χ3n) is 2.52. The molecule has 0 aliphatic heterocycles. The molecule has 0 amide bonds. The Labute approximate surface area is 98.3 Å². The van der Waals surface area contributed by atoms with Gasteiger partial charge in [-0.2, -0.15) is 0 Å². The number of aromatic nitrogens is 1. The number of hydrogen-bond acceptors (Lipinski definition) is 4. The Morgan fingerprint density at radius 3 is 2.24 bits per heavy atom. The zero-order valence-corrected chi connectivity index (χ0v) is 8.98. The summed E-state index contributed by atoms with van der Waals surface area (Å²) in [7, 11) is -1.53. The van der Waals surface area contributed by atoms with Crippen LogP contribution in [0.5, 0.6) is 11.8 Å². The molecule has 0 aliphatic carbocycles. The van der Waals surface area contributed by atoms with Crippen LogP contribution in [0.1, 0.15) is 5.56 Å². The van der Waals surface area contributed by atoms with Gasteiger partial charge in [0, 0.05) is 12.1 Å². The molecule has 2 aromatic rings. The second-order valence-corrected chi connectivity index (χ2v) is 3.75. The van der Waals surface area contributed by atoms with Crippen molar-refractivity contribution in [1.82, 2.24) is 4.57 Å². The minimum absolute atomic E-state index is 0.0440. The topological polar surface area (TPSA) is 85.9 Å². The summed E-state index contributed by atoms with van der Waals surface area (Å²) in [5.74, 6) is -0.0881. The molecule has 88 valence electrons. The third-order valence-corrected chi connectivity index (χ3v) is 2.52. The normalized spacial score (nSPS) is 10.5. The highest BCUT2D eigenvalue weighted by molar-refractivity contribution is 6.58. The molecule has 1 aromatic carbocycles. The molecular weight excluding hydrogens is 221 g/mol. The van der Waals surface area contributed by atoms with Crippen LogP contribution in [-0.2, 0) is 6.54 Å². The lowest BCUT2D eigenvalue weighted by Gasteiger charge is -2.08. The molecule has 0 atom stereocenters. The standard InChI is InChI=1S/C11H12BNO4/c14-10-4-5-11(15)13(10)7-8-2-1-3-9(6-8)12(16)17/h1-6,14-17H,7H2. The van der Waals surface area contributed by atoms with E-state index in [9.17, 15) is 10.2 Å². The number of hydrogen-bond donors (Lipinski definition) is 4. The van der Waals surface area contributed by atoms with Gasteiger partial charge >= 0.3 is 7.12 Å². The summed E-state index contributed by atoms with van der Waals surface area (Å²) in [6.07, 6.45) is 0. The lowest BCUT2D eigenvalue weighted by Crippen LogP contribution is -2.29. The minimum Gasteiger partial charge on any atom is -0.494 e. The van der Waals surface area contributed by atoms with E-state index in [0.29, 0.717) is 5.46 Å². The van der Waals surface area contributed by atoms with Crippen LogP contribution in [0, 0.1) is 0 Å².